The number of aliphatic hydroxyl groups excluding tert-OH is 7. The molecule has 0 amide bonds. The van der Waals surface area contributed by atoms with Crippen LogP contribution in [0.15, 0.2) is 136 Å². The molecule has 0 spiro atoms. The van der Waals surface area contributed by atoms with E-state index in [1.54, 1.807) is 70.6 Å². The highest BCUT2D eigenvalue weighted by molar-refractivity contribution is 8.05. The average Bonchev–Trinajstić information content (AvgIpc) is 4.47. The predicted octanol–water partition coefficient (Wildman–Crippen LogP) is 13.5. The summed E-state index contributed by atoms with van der Waals surface area (Å²) >= 11 is 67.1. The molecule has 1 aliphatic heterocycles. The quantitative estimate of drug-likeness (QED) is 0.00503. The van der Waals surface area contributed by atoms with Crippen molar-refractivity contribution in [1.82, 2.24) is 0 Å². The van der Waals surface area contributed by atoms with E-state index in [1.807, 2.05) is 120 Å². The first kappa shape index (κ1) is 95.3. The number of ether oxygens (including phenoxy) is 1. The molecule has 508 valence electrons. The third kappa shape index (κ3) is 62.6. The van der Waals surface area contributed by atoms with Crippen LogP contribution >= 0.6 is 253 Å². The molecule has 4 aromatic rings. The highest BCUT2D eigenvalue weighted by atomic mass is 35.5. The SMILES string of the molecule is C.ClCC1CO1.NC(N)=S.OC(CCl)CSc1ccc(SCC(O)CCl)cc1.OCCS.OCCSCC(O)CSc1ccc(SCC(O)CSCCO)cc1.SCCSC(CS)CSc1ccc(SCC(CS)SCCS)cc1.Sc1ccc(S)cc1. The van der Waals surface area contributed by atoms with Crippen LogP contribution in [-0.2, 0) is 4.74 Å². The molecule has 11 N–H and O–H groups in total. The van der Waals surface area contributed by atoms with Gasteiger partial charge in [0.2, 0.25) is 0 Å². The number of nitrogens with two attached hydrogens (primary N) is 2. The number of hydrogen-bond acceptors (Lipinski definition) is 26. The molecule has 4 aromatic carbocycles. The maximum atomic E-state index is 9.85. The second-order valence-electron chi connectivity index (χ2n) is 17.1. The first-order chi connectivity index (χ1) is 41.9. The van der Waals surface area contributed by atoms with Crippen LogP contribution in [0, 0.1) is 0 Å². The van der Waals surface area contributed by atoms with E-state index in [1.165, 1.54) is 9.79 Å². The lowest BCUT2D eigenvalue weighted by Crippen LogP contribution is -2.18. The standard InChI is InChI=1S/C16H26O4S4.C16H26S8.C12H16Cl2O2S2.C6H6S2.C3H5ClO.C2H6OS.CH4N2S.CH4/c17-5-7-21-9-13(19)11-23-15-1-2-16(4-3-15)24-12-14(20)10-22-8-6-18;17-5-7-21-15(9-19)11-23-13-1-2-14(4-3-13)24-12-16(10-20)22-8-6-18;13-5-9(15)7-17-11-1-2-12(4-3-11)18-8-10(16)6-14;7-5-1-2-6(8)4-3-5;4-1-3-2-5-3;3-1-2-4;2-1(3)4;/h1-4,13-14,17-20H,5-12H2;1-4,15-20H,5-12H2;1-4,9-10,15-16H,5-8H2;1-4,7-8H;3H,1-2H2;3-4H,1-2H2;(H4,2,3,4);1H4. The van der Waals surface area contributed by atoms with Gasteiger partial charge in [-0.1, -0.05) is 7.43 Å². The molecule has 7 unspecified atom stereocenters. The van der Waals surface area contributed by atoms with Crippen LogP contribution in [0.5, 0.6) is 0 Å². The first-order valence-electron chi connectivity index (χ1n) is 26.8. The summed E-state index contributed by atoms with van der Waals surface area (Å²) in [4.78, 5) is 9.06. The smallest absolute Gasteiger partial charge is 0.160 e. The van der Waals surface area contributed by atoms with Crippen molar-refractivity contribution in [3.05, 3.63) is 97.1 Å². The summed E-state index contributed by atoms with van der Waals surface area (Å²) in [6.45, 7) is 1.36. The minimum absolute atomic E-state index is 0. The summed E-state index contributed by atoms with van der Waals surface area (Å²) in [7, 11) is 0. The van der Waals surface area contributed by atoms with Gasteiger partial charge in [-0.25, -0.2) is 0 Å². The number of thioether (sulfide) groups is 10. The second kappa shape index (κ2) is 68.6. The highest BCUT2D eigenvalue weighted by Crippen LogP contribution is 2.30. The van der Waals surface area contributed by atoms with Crippen molar-refractivity contribution in [2.45, 2.75) is 87.6 Å². The molecular formula is C57H93Cl3N2O8S18. The minimum atomic E-state index is -0.468. The maximum Gasteiger partial charge on any atom is 0.160 e. The largest absolute Gasteiger partial charge is 0.396 e. The van der Waals surface area contributed by atoms with Gasteiger partial charge in [-0.3, -0.25) is 0 Å². The molecule has 0 bridgehead atoms. The molecule has 5 rings (SSSR count). The van der Waals surface area contributed by atoms with Crippen LogP contribution in [0.4, 0.5) is 0 Å². The van der Waals surface area contributed by atoms with Crippen LogP contribution in [0.2, 0.25) is 0 Å². The van der Waals surface area contributed by atoms with Gasteiger partial charge in [-0.2, -0.15) is 110 Å². The highest BCUT2D eigenvalue weighted by Gasteiger charge is 2.20. The lowest BCUT2D eigenvalue weighted by atomic mass is 10.4. The fourth-order valence-corrected chi connectivity index (χ4v) is 16.9. The fraction of sp³-hybridized carbons (Fsp3) is 0.561. The number of thiocarbonyl (C=S) groups is 1. The van der Waals surface area contributed by atoms with Crippen LogP contribution in [0.1, 0.15) is 7.43 Å². The molecule has 10 nitrogen and oxygen atoms in total. The number of hydrogen-bond donors (Lipinski definition) is 16. The Labute approximate surface area is 629 Å². The Kier molecular flexibility index (Phi) is 74.2. The Hall–Kier alpha value is 3.07. The van der Waals surface area contributed by atoms with Crippen molar-refractivity contribution >= 4 is 258 Å². The zero-order valence-corrected chi connectivity index (χ0v) is 65.7. The van der Waals surface area contributed by atoms with Gasteiger partial charge in [0, 0.05) is 148 Å². The number of aliphatic hydroxyl groups is 7. The van der Waals surface area contributed by atoms with Gasteiger partial charge in [0.15, 0.2) is 5.11 Å². The van der Waals surface area contributed by atoms with E-state index in [0.717, 1.165) is 82.0 Å². The average molecular weight is 1620 g/mol. The van der Waals surface area contributed by atoms with Crippen LogP contribution < -0.4 is 11.5 Å². The van der Waals surface area contributed by atoms with E-state index in [2.05, 4.69) is 136 Å². The monoisotopic (exact) mass is 1610 g/mol. The van der Waals surface area contributed by atoms with Crippen molar-refractivity contribution in [1.29, 1.82) is 0 Å². The Balaban J connectivity index is -0.00000105. The van der Waals surface area contributed by atoms with Crippen LogP contribution in [-0.4, -0.2) is 224 Å². The van der Waals surface area contributed by atoms with Crippen LogP contribution in [0.25, 0.3) is 0 Å². The molecule has 0 saturated carbocycles. The van der Waals surface area contributed by atoms with Gasteiger partial charge in [0.1, 0.15) is 0 Å². The molecule has 1 aliphatic rings. The Morgan fingerprint density at radius 2 is 0.727 bits per heavy atom. The van der Waals surface area contributed by atoms with Gasteiger partial charge in [0.05, 0.1) is 62.8 Å². The molecule has 7 atom stereocenters. The number of epoxide rings is 1. The third-order valence-corrected chi connectivity index (χ3v) is 25.7. The van der Waals surface area contributed by atoms with Gasteiger partial charge >= 0.3 is 0 Å². The number of rotatable bonds is 38. The lowest BCUT2D eigenvalue weighted by molar-refractivity contribution is 0.223. The van der Waals surface area contributed by atoms with E-state index in [4.69, 9.17) is 54.9 Å². The molecule has 0 aliphatic carbocycles. The van der Waals surface area contributed by atoms with Crippen molar-refractivity contribution in [2.24, 2.45) is 11.5 Å². The summed E-state index contributed by atoms with van der Waals surface area (Å²) in [5.74, 6) is 15.0. The number of benzene rings is 4. The van der Waals surface area contributed by atoms with Crippen molar-refractivity contribution < 1.29 is 40.5 Å². The molecule has 1 saturated heterocycles. The van der Waals surface area contributed by atoms with E-state index in [9.17, 15) is 20.4 Å². The van der Waals surface area contributed by atoms with Crippen molar-refractivity contribution in [3.63, 3.8) is 0 Å². The van der Waals surface area contributed by atoms with Gasteiger partial charge in [-0.15, -0.1) is 131 Å². The molecule has 1 heterocycles. The summed E-state index contributed by atoms with van der Waals surface area (Å²) in [6, 6.07) is 32.7. The van der Waals surface area contributed by atoms with E-state index >= 15 is 0 Å². The normalized spacial score (nSPS) is 13.9. The number of alkyl halides is 3. The zero-order chi connectivity index (χ0) is 65.3. The predicted molar refractivity (Wildman–Crippen MR) is 436 cm³/mol. The summed E-state index contributed by atoms with van der Waals surface area (Å²) in [6.07, 6.45) is -1.27. The molecular weight excluding hydrogens is 1520 g/mol. The second-order valence-corrected chi connectivity index (χ2v) is 33.3. The Bertz CT molecular complexity index is 2000. The number of thiol groups is 7. The van der Waals surface area contributed by atoms with E-state index < -0.39 is 12.2 Å². The molecule has 0 radical (unpaired) electrons. The topological polar surface area (TPSA) is 206 Å². The van der Waals surface area contributed by atoms with E-state index in [0.29, 0.717) is 74.3 Å². The summed E-state index contributed by atoms with van der Waals surface area (Å²) in [5.41, 5.74) is 9.24. The van der Waals surface area contributed by atoms with Gasteiger partial charge in [-0.05, 0) is 121 Å². The summed E-state index contributed by atoms with van der Waals surface area (Å²) in [5, 5.41) is 64.8. The fourth-order valence-electron chi connectivity index (χ4n) is 5.15. The number of halogens is 3. The first-order valence-corrected chi connectivity index (χ1v) is 43.2. The van der Waals surface area contributed by atoms with Crippen molar-refractivity contribution in [2.75, 3.05) is 142 Å². The lowest BCUT2D eigenvalue weighted by Gasteiger charge is -2.14. The molecule has 0 aromatic heterocycles. The minimum Gasteiger partial charge on any atom is -0.396 e. The molecule has 31 heteroatoms. The Morgan fingerprint density at radius 1 is 0.466 bits per heavy atom. The van der Waals surface area contributed by atoms with Crippen LogP contribution in [0.3, 0.4) is 0 Å². The zero-order valence-electron chi connectivity index (χ0n) is 48.2. The van der Waals surface area contributed by atoms with Crippen molar-refractivity contribution in [3.8, 4) is 0 Å². The third-order valence-electron chi connectivity index (χ3n) is 9.38. The Morgan fingerprint density at radius 3 is 0.920 bits per heavy atom. The summed E-state index contributed by atoms with van der Waals surface area (Å²) < 4.78 is 4.73. The van der Waals surface area contributed by atoms with Gasteiger partial charge in [0.25, 0.3) is 0 Å². The van der Waals surface area contributed by atoms with Gasteiger partial charge < -0.3 is 51.9 Å². The molecule has 88 heavy (non-hydrogen) atoms. The van der Waals surface area contributed by atoms with E-state index in [-0.39, 0.29) is 56.3 Å². The molecule has 1 fully saturated rings. The maximum absolute atomic E-state index is 9.85.